The summed E-state index contributed by atoms with van der Waals surface area (Å²) in [5.74, 6) is -0.378. The van der Waals surface area contributed by atoms with Crippen LogP contribution in [0.5, 0.6) is 0 Å². The number of hydrogen-bond acceptors (Lipinski definition) is 4. The molecule has 2 aliphatic heterocycles. The zero-order valence-corrected chi connectivity index (χ0v) is 11.8. The molecule has 2 heterocycles. The summed E-state index contributed by atoms with van der Waals surface area (Å²) in [6.45, 7) is 3.99. The van der Waals surface area contributed by atoms with E-state index in [1.54, 1.807) is 24.0 Å². The van der Waals surface area contributed by atoms with Gasteiger partial charge in [0.15, 0.2) is 0 Å². The molecular formula is C15H17FN2O3. The Kier molecular flexibility index (Phi) is 3.63. The van der Waals surface area contributed by atoms with Crippen LogP contribution in [0, 0.1) is 5.82 Å². The summed E-state index contributed by atoms with van der Waals surface area (Å²) in [7, 11) is 0. The van der Waals surface area contributed by atoms with Crippen LogP contribution in [0.4, 0.5) is 4.39 Å². The van der Waals surface area contributed by atoms with Crippen molar-refractivity contribution in [2.75, 3.05) is 26.3 Å². The second-order valence-corrected chi connectivity index (χ2v) is 5.45. The van der Waals surface area contributed by atoms with Gasteiger partial charge in [0.25, 0.3) is 5.91 Å². The van der Waals surface area contributed by atoms with Gasteiger partial charge in [0, 0.05) is 19.5 Å². The van der Waals surface area contributed by atoms with Crippen LogP contribution in [0.25, 0.3) is 0 Å². The third-order valence-electron chi connectivity index (χ3n) is 3.79. The van der Waals surface area contributed by atoms with Crippen molar-refractivity contribution in [3.63, 3.8) is 0 Å². The van der Waals surface area contributed by atoms with Gasteiger partial charge in [0.2, 0.25) is 5.60 Å². The van der Waals surface area contributed by atoms with Crippen molar-refractivity contribution >= 4 is 11.6 Å². The number of benzene rings is 1. The van der Waals surface area contributed by atoms with Gasteiger partial charge < -0.3 is 14.5 Å². The van der Waals surface area contributed by atoms with Crippen LogP contribution in [0.15, 0.2) is 29.4 Å². The average molecular weight is 292 g/mol. The summed E-state index contributed by atoms with van der Waals surface area (Å²) in [4.78, 5) is 19.7. The van der Waals surface area contributed by atoms with Crippen LogP contribution in [0.2, 0.25) is 0 Å². The van der Waals surface area contributed by atoms with Crippen LogP contribution in [-0.4, -0.2) is 48.4 Å². The summed E-state index contributed by atoms with van der Waals surface area (Å²) in [6, 6.07) is 6.03. The minimum Gasteiger partial charge on any atom is -0.379 e. The van der Waals surface area contributed by atoms with Crippen molar-refractivity contribution in [1.82, 2.24) is 4.90 Å². The molecule has 1 atom stereocenters. The quantitative estimate of drug-likeness (QED) is 0.831. The molecule has 1 aromatic rings. The molecule has 1 fully saturated rings. The first-order chi connectivity index (χ1) is 10.1. The van der Waals surface area contributed by atoms with E-state index in [1.165, 1.54) is 12.1 Å². The topological polar surface area (TPSA) is 51.1 Å². The van der Waals surface area contributed by atoms with Crippen molar-refractivity contribution in [3.05, 3.63) is 35.6 Å². The van der Waals surface area contributed by atoms with Gasteiger partial charge in [-0.15, -0.1) is 0 Å². The van der Waals surface area contributed by atoms with Gasteiger partial charge >= 0.3 is 0 Å². The number of nitrogens with zero attached hydrogens (tertiary/aromatic N) is 2. The molecule has 0 saturated carbocycles. The zero-order valence-electron chi connectivity index (χ0n) is 11.8. The lowest BCUT2D eigenvalue weighted by Crippen LogP contribution is -2.51. The molecule has 112 valence electrons. The number of carbonyl (C=O) groups excluding carboxylic acids is 1. The molecule has 0 radical (unpaired) electrons. The van der Waals surface area contributed by atoms with Crippen molar-refractivity contribution in [2.24, 2.45) is 5.16 Å². The number of halogens is 1. The largest absolute Gasteiger partial charge is 0.379 e. The maximum absolute atomic E-state index is 13.0. The highest BCUT2D eigenvalue weighted by Gasteiger charge is 2.44. The third kappa shape index (κ3) is 2.76. The number of oxime groups is 1. The Morgan fingerprint density at radius 2 is 1.95 bits per heavy atom. The van der Waals surface area contributed by atoms with Gasteiger partial charge in [-0.2, -0.15) is 0 Å². The number of amides is 1. The monoisotopic (exact) mass is 292 g/mol. The highest BCUT2D eigenvalue weighted by atomic mass is 19.1. The van der Waals surface area contributed by atoms with Crippen LogP contribution in [0.1, 0.15) is 18.9 Å². The molecule has 0 aromatic heterocycles. The summed E-state index contributed by atoms with van der Waals surface area (Å²) in [5, 5.41) is 4.02. The summed E-state index contributed by atoms with van der Waals surface area (Å²) in [6.07, 6.45) is 0.384. The Balaban J connectivity index is 1.71. The average Bonchev–Trinajstić information content (AvgIpc) is 2.92. The second kappa shape index (κ2) is 5.44. The molecule has 0 bridgehead atoms. The molecule has 3 rings (SSSR count). The van der Waals surface area contributed by atoms with Crippen LogP contribution < -0.4 is 0 Å². The van der Waals surface area contributed by atoms with Crippen molar-refractivity contribution in [1.29, 1.82) is 0 Å². The second-order valence-electron chi connectivity index (χ2n) is 5.45. The van der Waals surface area contributed by atoms with Gasteiger partial charge in [-0.3, -0.25) is 4.79 Å². The van der Waals surface area contributed by atoms with Gasteiger partial charge in [-0.25, -0.2) is 4.39 Å². The summed E-state index contributed by atoms with van der Waals surface area (Å²) in [5.41, 5.74) is 0.454. The summed E-state index contributed by atoms with van der Waals surface area (Å²) >= 11 is 0. The fraction of sp³-hybridized carbons (Fsp3) is 0.467. The molecule has 5 nitrogen and oxygen atoms in total. The minimum atomic E-state index is -0.985. The smallest absolute Gasteiger partial charge is 0.269 e. The molecule has 21 heavy (non-hydrogen) atoms. The maximum atomic E-state index is 13.0. The Bertz CT molecular complexity index is 567. The Hall–Kier alpha value is -1.95. The van der Waals surface area contributed by atoms with Crippen LogP contribution >= 0.6 is 0 Å². The Labute approximate surface area is 122 Å². The van der Waals surface area contributed by atoms with Gasteiger partial charge in [-0.05, 0) is 24.6 Å². The Morgan fingerprint density at radius 1 is 1.29 bits per heavy atom. The van der Waals surface area contributed by atoms with E-state index in [2.05, 4.69) is 5.16 Å². The maximum Gasteiger partial charge on any atom is 0.269 e. The molecule has 1 aromatic carbocycles. The lowest BCUT2D eigenvalue weighted by Gasteiger charge is -2.32. The zero-order chi connectivity index (χ0) is 14.9. The highest BCUT2D eigenvalue weighted by molar-refractivity contribution is 6.05. The predicted octanol–water partition coefficient (Wildman–Crippen LogP) is 1.57. The molecule has 1 saturated heterocycles. The first-order valence-electron chi connectivity index (χ1n) is 6.97. The molecule has 2 aliphatic rings. The molecule has 6 heteroatoms. The van der Waals surface area contributed by atoms with E-state index < -0.39 is 5.60 Å². The molecular weight excluding hydrogens is 275 g/mol. The van der Waals surface area contributed by atoms with E-state index in [1.807, 2.05) is 0 Å². The lowest BCUT2D eigenvalue weighted by molar-refractivity contribution is -0.157. The van der Waals surface area contributed by atoms with Gasteiger partial charge in [0.05, 0.1) is 18.9 Å². The standard InChI is InChI=1S/C15H17FN2O3/c1-15(14(19)18-6-8-20-9-7-18)10-13(17-21-15)11-2-4-12(16)5-3-11/h2-5H,6-10H2,1H3. The van der Waals surface area contributed by atoms with Gasteiger partial charge in [0.1, 0.15) is 5.82 Å². The van der Waals surface area contributed by atoms with E-state index in [0.717, 1.165) is 5.56 Å². The normalized spacial score (nSPS) is 25.4. The number of rotatable bonds is 2. The van der Waals surface area contributed by atoms with E-state index >= 15 is 0 Å². The molecule has 0 N–H and O–H groups in total. The minimum absolute atomic E-state index is 0.0772. The van der Waals surface area contributed by atoms with E-state index in [-0.39, 0.29) is 11.7 Å². The third-order valence-corrected chi connectivity index (χ3v) is 3.79. The van der Waals surface area contributed by atoms with Gasteiger partial charge in [-0.1, -0.05) is 17.3 Å². The van der Waals surface area contributed by atoms with E-state index in [4.69, 9.17) is 9.57 Å². The lowest BCUT2D eigenvalue weighted by atomic mass is 9.94. The molecule has 0 aliphatic carbocycles. The SMILES string of the molecule is CC1(C(=O)N2CCOCC2)CC(c2ccc(F)cc2)=NO1. The number of morpholine rings is 1. The molecule has 1 unspecified atom stereocenters. The van der Waals surface area contributed by atoms with Crippen molar-refractivity contribution < 1.29 is 18.8 Å². The van der Waals surface area contributed by atoms with Crippen molar-refractivity contribution in [3.8, 4) is 0 Å². The van der Waals surface area contributed by atoms with Crippen molar-refractivity contribution in [2.45, 2.75) is 18.9 Å². The van der Waals surface area contributed by atoms with E-state index in [0.29, 0.717) is 38.4 Å². The first kappa shape index (κ1) is 14.0. The van der Waals surface area contributed by atoms with Crippen LogP contribution in [0.3, 0.4) is 0 Å². The highest BCUT2D eigenvalue weighted by Crippen LogP contribution is 2.29. The first-order valence-corrected chi connectivity index (χ1v) is 6.97. The number of ether oxygens (including phenoxy) is 1. The van der Waals surface area contributed by atoms with E-state index in [9.17, 15) is 9.18 Å². The molecule has 0 spiro atoms. The number of hydrogen-bond donors (Lipinski definition) is 0. The fourth-order valence-corrected chi connectivity index (χ4v) is 2.55. The Morgan fingerprint density at radius 3 is 2.62 bits per heavy atom. The molecule has 1 amide bonds. The summed E-state index contributed by atoms with van der Waals surface area (Å²) < 4.78 is 18.2. The predicted molar refractivity (Wildman–Crippen MR) is 74.4 cm³/mol. The fourth-order valence-electron chi connectivity index (χ4n) is 2.55. The van der Waals surface area contributed by atoms with Crippen LogP contribution in [-0.2, 0) is 14.4 Å². The number of carbonyl (C=O) groups is 1.